The van der Waals surface area contributed by atoms with Crippen LogP contribution in [0.15, 0.2) is 53.7 Å². The highest BCUT2D eigenvalue weighted by molar-refractivity contribution is 6.33. The van der Waals surface area contributed by atoms with Gasteiger partial charge < -0.3 is 4.74 Å². The van der Waals surface area contributed by atoms with Gasteiger partial charge in [0.05, 0.1) is 16.9 Å². The molecule has 4 rings (SSSR count). The van der Waals surface area contributed by atoms with Crippen molar-refractivity contribution in [1.82, 2.24) is 4.98 Å². The Morgan fingerprint density at radius 1 is 0.931 bits per heavy atom. The van der Waals surface area contributed by atoms with E-state index in [0.29, 0.717) is 41.1 Å². The number of hydrogen-bond acceptors (Lipinski definition) is 4. The molecule has 2 aliphatic rings. The molecule has 0 fully saturated rings. The summed E-state index contributed by atoms with van der Waals surface area (Å²) in [5.41, 5.74) is 1.24. The number of nitrogens with zero attached hydrogens (tertiary/aromatic N) is 2. The third-order valence-corrected chi connectivity index (χ3v) is 5.02. The first-order valence-electron chi connectivity index (χ1n) is 9.20. The van der Waals surface area contributed by atoms with Gasteiger partial charge in [-0.05, 0) is 62.1 Å². The zero-order chi connectivity index (χ0) is 20.6. The molecule has 1 aromatic carbocycles. The summed E-state index contributed by atoms with van der Waals surface area (Å²) in [7, 11) is 0. The van der Waals surface area contributed by atoms with Gasteiger partial charge in [0.1, 0.15) is 12.4 Å². The molecule has 2 heterocycles. The van der Waals surface area contributed by atoms with Crippen LogP contribution in [0.2, 0.25) is 0 Å². The molecule has 2 amide bonds. The van der Waals surface area contributed by atoms with Gasteiger partial charge in [0.25, 0.3) is 11.8 Å². The van der Waals surface area contributed by atoms with Gasteiger partial charge in [0.2, 0.25) is 0 Å². The van der Waals surface area contributed by atoms with E-state index in [4.69, 9.17) is 4.74 Å². The maximum Gasteiger partial charge on any atom is 0.417 e. The summed E-state index contributed by atoms with van der Waals surface area (Å²) in [5.74, 6) is -0.0630. The number of pyridine rings is 1. The van der Waals surface area contributed by atoms with Crippen LogP contribution in [0.3, 0.4) is 0 Å². The Kier molecular flexibility index (Phi) is 4.86. The summed E-state index contributed by atoms with van der Waals surface area (Å²) in [6.07, 6.45) is -0.565. The lowest BCUT2D eigenvalue weighted by Crippen LogP contribution is -2.31. The Morgan fingerprint density at radius 2 is 1.55 bits per heavy atom. The van der Waals surface area contributed by atoms with E-state index in [0.717, 1.165) is 25.1 Å². The lowest BCUT2D eigenvalue weighted by atomic mass is 9.93. The molecule has 0 spiro atoms. The van der Waals surface area contributed by atoms with E-state index in [1.807, 2.05) is 0 Å². The number of benzene rings is 1. The number of amides is 2. The number of hydrogen-bond donors (Lipinski definition) is 0. The lowest BCUT2D eigenvalue weighted by Gasteiger charge is -2.15. The average molecular weight is 402 g/mol. The Hall–Kier alpha value is -3.16. The van der Waals surface area contributed by atoms with Crippen molar-refractivity contribution < 1.29 is 27.5 Å². The molecular formula is C21H17F3N2O3. The van der Waals surface area contributed by atoms with Gasteiger partial charge >= 0.3 is 6.18 Å². The molecule has 29 heavy (non-hydrogen) atoms. The Balaban J connectivity index is 1.41. The predicted molar refractivity (Wildman–Crippen MR) is 98.0 cm³/mol. The van der Waals surface area contributed by atoms with Gasteiger partial charge in [0.15, 0.2) is 0 Å². The summed E-state index contributed by atoms with van der Waals surface area (Å²) < 4.78 is 43.2. The smallest absolute Gasteiger partial charge is 0.417 e. The molecule has 150 valence electrons. The van der Waals surface area contributed by atoms with Crippen LogP contribution in [0.4, 0.5) is 18.9 Å². The number of alkyl halides is 3. The van der Waals surface area contributed by atoms with Crippen LogP contribution in [0.25, 0.3) is 0 Å². The topological polar surface area (TPSA) is 59.5 Å². The van der Waals surface area contributed by atoms with Crippen molar-refractivity contribution >= 4 is 17.5 Å². The van der Waals surface area contributed by atoms with E-state index >= 15 is 0 Å². The van der Waals surface area contributed by atoms with Gasteiger partial charge in [-0.25, -0.2) is 4.90 Å². The average Bonchev–Trinajstić information content (AvgIpc) is 2.97. The monoisotopic (exact) mass is 402 g/mol. The van der Waals surface area contributed by atoms with Crippen molar-refractivity contribution in [1.29, 1.82) is 0 Å². The molecule has 0 saturated carbocycles. The molecule has 0 bridgehead atoms. The molecule has 0 radical (unpaired) electrons. The lowest BCUT2D eigenvalue weighted by molar-refractivity contribution is -0.137. The molecule has 0 N–H and O–H groups in total. The Labute approximate surface area is 164 Å². The van der Waals surface area contributed by atoms with Gasteiger partial charge in [-0.2, -0.15) is 13.2 Å². The Bertz CT molecular complexity index is 952. The summed E-state index contributed by atoms with van der Waals surface area (Å²) >= 11 is 0. The molecule has 0 unspecified atom stereocenters. The second-order valence-corrected chi connectivity index (χ2v) is 6.93. The third kappa shape index (κ3) is 3.74. The number of rotatable bonds is 4. The number of carbonyl (C=O) groups excluding carboxylic acids is 2. The highest BCUT2D eigenvalue weighted by Crippen LogP contribution is 2.36. The van der Waals surface area contributed by atoms with Crippen molar-refractivity contribution in [2.45, 2.75) is 38.5 Å². The van der Waals surface area contributed by atoms with Crippen LogP contribution < -0.4 is 9.64 Å². The van der Waals surface area contributed by atoms with Crippen LogP contribution in [0.5, 0.6) is 5.75 Å². The molecule has 1 aromatic heterocycles. The largest absolute Gasteiger partial charge is 0.487 e. The summed E-state index contributed by atoms with van der Waals surface area (Å²) in [6.45, 7) is -0.00505. The molecule has 8 heteroatoms. The van der Waals surface area contributed by atoms with E-state index in [9.17, 15) is 22.8 Å². The maximum atomic E-state index is 12.6. The van der Waals surface area contributed by atoms with E-state index in [-0.39, 0.29) is 18.4 Å². The minimum atomic E-state index is -4.43. The van der Waals surface area contributed by atoms with Gasteiger partial charge in [-0.1, -0.05) is 0 Å². The van der Waals surface area contributed by atoms with Crippen LogP contribution in [0.1, 0.15) is 36.9 Å². The molecule has 1 aliphatic carbocycles. The standard InChI is InChI=1S/C21H17F3N2O3/c22-21(23,24)13-5-6-14(25-11-13)12-29-16-9-7-15(8-10-16)26-19(27)17-3-1-2-4-18(17)20(26)28/h5-11H,1-4,12H2. The van der Waals surface area contributed by atoms with Crippen molar-refractivity contribution in [2.75, 3.05) is 4.90 Å². The fraction of sp³-hybridized carbons (Fsp3) is 0.286. The number of ether oxygens (including phenoxy) is 1. The van der Waals surface area contributed by atoms with E-state index in [2.05, 4.69) is 4.98 Å². The second-order valence-electron chi connectivity index (χ2n) is 6.93. The second kappa shape index (κ2) is 7.35. The molecule has 0 atom stereocenters. The normalized spacial score (nSPS) is 17.0. The molecular weight excluding hydrogens is 385 g/mol. The first kappa shape index (κ1) is 19.2. The molecule has 1 aliphatic heterocycles. The minimum Gasteiger partial charge on any atom is -0.487 e. The molecule has 5 nitrogen and oxygen atoms in total. The fourth-order valence-electron chi connectivity index (χ4n) is 3.50. The quantitative estimate of drug-likeness (QED) is 0.711. The predicted octanol–water partition coefficient (Wildman–Crippen LogP) is 4.42. The van der Waals surface area contributed by atoms with E-state index < -0.39 is 11.7 Å². The highest BCUT2D eigenvalue weighted by atomic mass is 19.4. The zero-order valence-electron chi connectivity index (χ0n) is 15.3. The van der Waals surface area contributed by atoms with E-state index in [1.54, 1.807) is 24.3 Å². The van der Waals surface area contributed by atoms with Crippen LogP contribution in [-0.2, 0) is 22.4 Å². The van der Waals surface area contributed by atoms with E-state index in [1.165, 1.54) is 11.0 Å². The first-order valence-corrected chi connectivity index (χ1v) is 9.20. The number of anilines is 1. The summed E-state index contributed by atoms with van der Waals surface area (Å²) in [4.78, 5) is 30.1. The minimum absolute atomic E-state index is 0.00505. The third-order valence-electron chi connectivity index (χ3n) is 5.02. The van der Waals surface area contributed by atoms with Gasteiger partial charge in [-0.3, -0.25) is 14.6 Å². The van der Waals surface area contributed by atoms with Crippen LogP contribution in [0, 0.1) is 0 Å². The van der Waals surface area contributed by atoms with Crippen LogP contribution in [-0.4, -0.2) is 16.8 Å². The van der Waals surface area contributed by atoms with Crippen molar-refractivity contribution in [3.8, 4) is 5.75 Å². The zero-order valence-corrected chi connectivity index (χ0v) is 15.3. The number of imide groups is 1. The summed E-state index contributed by atoms with van der Waals surface area (Å²) in [5, 5.41) is 0. The number of halogens is 3. The van der Waals surface area contributed by atoms with Gasteiger partial charge in [-0.15, -0.1) is 0 Å². The number of aromatic nitrogens is 1. The van der Waals surface area contributed by atoms with Crippen LogP contribution >= 0.6 is 0 Å². The van der Waals surface area contributed by atoms with Crippen molar-refractivity contribution in [2.24, 2.45) is 0 Å². The molecule has 0 saturated heterocycles. The van der Waals surface area contributed by atoms with Crippen molar-refractivity contribution in [3.63, 3.8) is 0 Å². The van der Waals surface area contributed by atoms with Gasteiger partial charge in [0, 0.05) is 17.3 Å². The SMILES string of the molecule is O=C1C2=C(CCCC2)C(=O)N1c1ccc(OCc2ccc(C(F)(F)F)cn2)cc1. The Morgan fingerprint density at radius 3 is 2.07 bits per heavy atom. The molecule has 2 aromatic rings. The number of carbonyl (C=O) groups is 2. The maximum absolute atomic E-state index is 12.6. The fourth-order valence-corrected chi connectivity index (χ4v) is 3.50. The summed E-state index contributed by atoms with van der Waals surface area (Å²) in [6, 6.07) is 8.66. The van der Waals surface area contributed by atoms with Crippen molar-refractivity contribution in [3.05, 3.63) is 65.0 Å². The highest BCUT2D eigenvalue weighted by Gasteiger charge is 2.39. The first-order chi connectivity index (χ1) is 13.8.